The zero-order chi connectivity index (χ0) is 25.7. The van der Waals surface area contributed by atoms with Gasteiger partial charge in [0.2, 0.25) is 0 Å². The van der Waals surface area contributed by atoms with Crippen molar-refractivity contribution >= 4 is 69.5 Å². The van der Waals surface area contributed by atoms with Gasteiger partial charge in [-0.25, -0.2) is 14.4 Å². The summed E-state index contributed by atoms with van der Waals surface area (Å²) in [7, 11) is 1.24. The van der Waals surface area contributed by atoms with E-state index in [4.69, 9.17) is 37.4 Å². The minimum Gasteiger partial charge on any atom is -0.465 e. The average molecular weight is 519 g/mol. The first-order valence-corrected chi connectivity index (χ1v) is 11.5. The van der Waals surface area contributed by atoms with Crippen LogP contribution in [0.1, 0.15) is 42.4 Å². The van der Waals surface area contributed by atoms with E-state index in [1.807, 2.05) is 0 Å². The highest BCUT2D eigenvalue weighted by molar-refractivity contribution is 6.39. The molecule has 0 saturated carbocycles. The van der Waals surface area contributed by atoms with Gasteiger partial charge in [0.1, 0.15) is 5.69 Å². The van der Waals surface area contributed by atoms with Crippen LogP contribution < -0.4 is 5.32 Å². The SMILES string of the molecule is CCOC(=O)c1[nH]c2cc(Cl)cc(Cl)c2c1/C=C(/C(=O)OC)c1cccc(NC(=O)OC(C)C)c1. The average Bonchev–Trinajstić information content (AvgIpc) is 3.15. The summed E-state index contributed by atoms with van der Waals surface area (Å²) in [5.41, 5.74) is 1.87. The molecule has 0 radical (unpaired) electrons. The molecule has 35 heavy (non-hydrogen) atoms. The van der Waals surface area contributed by atoms with Gasteiger partial charge in [-0.3, -0.25) is 5.32 Å². The number of rotatable bonds is 7. The number of benzene rings is 2. The third-order valence-corrected chi connectivity index (χ3v) is 5.31. The van der Waals surface area contributed by atoms with E-state index >= 15 is 0 Å². The maximum atomic E-state index is 12.8. The highest BCUT2D eigenvalue weighted by Crippen LogP contribution is 2.35. The summed E-state index contributed by atoms with van der Waals surface area (Å²) in [6.45, 7) is 5.29. The van der Waals surface area contributed by atoms with Crippen molar-refractivity contribution in [2.24, 2.45) is 0 Å². The molecule has 0 unspecified atom stereocenters. The van der Waals surface area contributed by atoms with Gasteiger partial charge in [0.15, 0.2) is 0 Å². The van der Waals surface area contributed by atoms with Gasteiger partial charge in [-0.2, -0.15) is 0 Å². The Morgan fingerprint density at radius 3 is 2.54 bits per heavy atom. The molecule has 1 aromatic heterocycles. The number of H-pyrrole nitrogens is 1. The van der Waals surface area contributed by atoms with Crippen LogP contribution in [-0.4, -0.2) is 42.8 Å². The third-order valence-electron chi connectivity index (χ3n) is 4.79. The van der Waals surface area contributed by atoms with Gasteiger partial charge < -0.3 is 19.2 Å². The summed E-state index contributed by atoms with van der Waals surface area (Å²) in [6.07, 6.45) is 0.554. The predicted octanol–water partition coefficient (Wildman–Crippen LogP) is 6.32. The van der Waals surface area contributed by atoms with Gasteiger partial charge in [0.25, 0.3) is 0 Å². The van der Waals surface area contributed by atoms with Crippen molar-refractivity contribution in [1.82, 2.24) is 4.98 Å². The molecule has 1 amide bonds. The molecule has 0 spiro atoms. The number of halogens is 2. The normalized spacial score (nSPS) is 11.5. The monoisotopic (exact) mass is 518 g/mol. The van der Waals surface area contributed by atoms with Crippen LogP contribution in [0.25, 0.3) is 22.6 Å². The first-order valence-electron chi connectivity index (χ1n) is 10.7. The van der Waals surface area contributed by atoms with Crippen molar-refractivity contribution in [3.63, 3.8) is 0 Å². The Labute approximate surface area is 212 Å². The number of amides is 1. The first-order chi connectivity index (χ1) is 16.6. The number of esters is 2. The van der Waals surface area contributed by atoms with Gasteiger partial charge in [-0.15, -0.1) is 0 Å². The van der Waals surface area contributed by atoms with E-state index < -0.39 is 18.0 Å². The smallest absolute Gasteiger partial charge is 0.411 e. The molecule has 0 aliphatic heterocycles. The van der Waals surface area contributed by atoms with E-state index in [0.717, 1.165) is 0 Å². The zero-order valence-electron chi connectivity index (χ0n) is 19.5. The molecular weight excluding hydrogens is 495 g/mol. The number of carbonyl (C=O) groups is 3. The number of ether oxygens (including phenoxy) is 3. The van der Waals surface area contributed by atoms with Crippen molar-refractivity contribution < 1.29 is 28.6 Å². The van der Waals surface area contributed by atoms with Crippen LogP contribution in [0.3, 0.4) is 0 Å². The van der Waals surface area contributed by atoms with Crippen LogP contribution in [-0.2, 0) is 19.0 Å². The number of fused-ring (bicyclic) bond motifs is 1. The van der Waals surface area contributed by atoms with Gasteiger partial charge in [0.05, 0.1) is 30.4 Å². The molecule has 3 aromatic rings. The van der Waals surface area contributed by atoms with Crippen LogP contribution in [0.15, 0.2) is 36.4 Å². The fourth-order valence-corrected chi connectivity index (χ4v) is 4.02. The van der Waals surface area contributed by atoms with Crippen LogP contribution in [0.2, 0.25) is 10.0 Å². The summed E-state index contributed by atoms with van der Waals surface area (Å²) in [6, 6.07) is 9.71. The molecule has 184 valence electrons. The number of nitrogens with one attached hydrogen (secondary N) is 2. The zero-order valence-corrected chi connectivity index (χ0v) is 21.0. The lowest BCUT2D eigenvalue weighted by Gasteiger charge is -2.12. The molecule has 0 atom stereocenters. The van der Waals surface area contributed by atoms with Gasteiger partial charge in [-0.05, 0) is 56.7 Å². The van der Waals surface area contributed by atoms with Gasteiger partial charge in [0, 0.05) is 27.2 Å². The Morgan fingerprint density at radius 2 is 1.89 bits per heavy atom. The summed E-state index contributed by atoms with van der Waals surface area (Å²) in [5.74, 6) is -1.29. The molecule has 0 bridgehead atoms. The lowest BCUT2D eigenvalue weighted by atomic mass is 10.0. The number of carbonyl (C=O) groups excluding carboxylic acids is 3. The van der Waals surface area contributed by atoms with Crippen molar-refractivity contribution in [1.29, 1.82) is 0 Å². The second-order valence-electron chi connectivity index (χ2n) is 7.65. The summed E-state index contributed by atoms with van der Waals surface area (Å²) >= 11 is 12.6. The van der Waals surface area contributed by atoms with E-state index in [0.29, 0.717) is 32.7 Å². The molecule has 3 rings (SSSR count). The standard InChI is InChI=1S/C25H24Cl2N2O6/c1-5-34-24(31)22-18(21-19(27)10-15(26)11-20(21)29-22)12-17(23(30)33-4)14-7-6-8-16(9-14)28-25(32)35-13(2)3/h6-13,29H,5H2,1-4H3,(H,28,32)/b17-12+. The topological polar surface area (TPSA) is 107 Å². The number of anilines is 1. The van der Waals surface area contributed by atoms with E-state index in [1.54, 1.807) is 51.1 Å². The minimum absolute atomic E-state index is 0.0993. The number of hydrogen-bond donors (Lipinski definition) is 2. The predicted molar refractivity (Wildman–Crippen MR) is 136 cm³/mol. The highest BCUT2D eigenvalue weighted by atomic mass is 35.5. The second kappa shape index (κ2) is 11.3. The van der Waals surface area contributed by atoms with E-state index in [-0.39, 0.29) is 29.0 Å². The Balaban J connectivity index is 2.19. The van der Waals surface area contributed by atoms with Crippen molar-refractivity contribution in [3.05, 3.63) is 63.3 Å². The maximum Gasteiger partial charge on any atom is 0.411 e. The molecule has 10 heteroatoms. The lowest BCUT2D eigenvalue weighted by molar-refractivity contribution is -0.133. The summed E-state index contributed by atoms with van der Waals surface area (Å²) < 4.78 is 15.3. The van der Waals surface area contributed by atoms with E-state index in [1.165, 1.54) is 19.3 Å². The van der Waals surface area contributed by atoms with E-state index in [9.17, 15) is 14.4 Å². The summed E-state index contributed by atoms with van der Waals surface area (Å²) in [5, 5.41) is 3.75. The Morgan fingerprint density at radius 1 is 1.14 bits per heavy atom. The van der Waals surface area contributed by atoms with Crippen LogP contribution >= 0.6 is 23.2 Å². The van der Waals surface area contributed by atoms with Crippen LogP contribution in [0.4, 0.5) is 10.5 Å². The largest absolute Gasteiger partial charge is 0.465 e. The van der Waals surface area contributed by atoms with Crippen molar-refractivity contribution in [3.8, 4) is 0 Å². The highest BCUT2D eigenvalue weighted by Gasteiger charge is 2.23. The third kappa shape index (κ3) is 6.15. The molecule has 0 fully saturated rings. The van der Waals surface area contributed by atoms with Crippen molar-refractivity contribution in [2.75, 3.05) is 19.0 Å². The first kappa shape index (κ1) is 26.1. The Hall–Kier alpha value is -3.49. The number of methoxy groups -OCH3 is 1. The molecular formula is C25H24Cl2N2O6. The molecule has 0 aliphatic rings. The number of hydrogen-bond acceptors (Lipinski definition) is 6. The van der Waals surface area contributed by atoms with Crippen LogP contribution in [0, 0.1) is 0 Å². The molecule has 2 aromatic carbocycles. The van der Waals surface area contributed by atoms with Crippen molar-refractivity contribution in [2.45, 2.75) is 26.9 Å². The minimum atomic E-state index is -0.666. The lowest BCUT2D eigenvalue weighted by Crippen LogP contribution is -2.18. The maximum absolute atomic E-state index is 12.8. The Kier molecular flexibility index (Phi) is 8.43. The molecule has 8 nitrogen and oxygen atoms in total. The molecule has 1 heterocycles. The molecule has 0 saturated heterocycles. The fourth-order valence-electron chi connectivity index (χ4n) is 3.42. The van der Waals surface area contributed by atoms with Gasteiger partial charge in [-0.1, -0.05) is 35.3 Å². The molecule has 2 N–H and O–H groups in total. The quantitative estimate of drug-likeness (QED) is 0.215. The Bertz CT molecular complexity index is 1310. The number of aromatic nitrogens is 1. The van der Waals surface area contributed by atoms with E-state index in [2.05, 4.69) is 10.3 Å². The molecule has 0 aliphatic carbocycles. The second-order valence-corrected chi connectivity index (χ2v) is 8.50. The number of aromatic amines is 1. The van der Waals surface area contributed by atoms with Gasteiger partial charge >= 0.3 is 18.0 Å². The summed E-state index contributed by atoms with van der Waals surface area (Å²) in [4.78, 5) is 40.5. The van der Waals surface area contributed by atoms with Crippen LogP contribution in [0.5, 0.6) is 0 Å². The fraction of sp³-hybridized carbons (Fsp3) is 0.240.